The van der Waals surface area contributed by atoms with Crippen LogP contribution in [0.4, 0.5) is 10.1 Å². The maximum atomic E-state index is 13.6. The predicted octanol–water partition coefficient (Wildman–Crippen LogP) is 5.17. The molecule has 0 atom stereocenters. The average molecular weight is 535 g/mol. The van der Waals surface area contributed by atoms with Crippen LogP contribution >= 0.6 is 12.2 Å². The highest BCUT2D eigenvalue weighted by Gasteiger charge is 2.21. The molecule has 0 fully saturated rings. The van der Waals surface area contributed by atoms with Crippen molar-refractivity contribution in [2.45, 2.75) is 31.5 Å². The van der Waals surface area contributed by atoms with Crippen molar-refractivity contribution >= 4 is 33.0 Å². The Morgan fingerprint density at radius 1 is 0.865 bits per heavy atom. The Kier molecular flexibility index (Phi) is 8.27. The lowest BCUT2D eigenvalue weighted by molar-refractivity contribution is 0.405. The van der Waals surface area contributed by atoms with Gasteiger partial charge in [0.05, 0.1) is 11.4 Å². The first-order valence-electron chi connectivity index (χ1n) is 11.6. The summed E-state index contributed by atoms with van der Waals surface area (Å²) in [7, 11) is -3.83. The van der Waals surface area contributed by atoms with Gasteiger partial charge in [0.15, 0.2) is 5.11 Å². The molecule has 0 radical (unpaired) electrons. The zero-order chi connectivity index (χ0) is 26.4. The molecule has 0 amide bonds. The minimum atomic E-state index is -3.83. The number of benzene rings is 3. The fourth-order valence-electron chi connectivity index (χ4n) is 3.92. The average Bonchev–Trinajstić information content (AvgIpc) is 2.89. The first-order chi connectivity index (χ1) is 17.7. The molecule has 1 aromatic heterocycles. The number of primary sulfonamides is 1. The Bertz CT molecular complexity index is 1460. The number of aromatic nitrogens is 1. The summed E-state index contributed by atoms with van der Waals surface area (Å²) in [6, 6.07) is 24.6. The highest BCUT2D eigenvalue weighted by molar-refractivity contribution is 7.89. The van der Waals surface area contributed by atoms with Crippen molar-refractivity contribution in [3.05, 3.63) is 125 Å². The van der Waals surface area contributed by atoms with E-state index in [4.69, 9.17) is 17.4 Å². The molecular weight excluding hydrogens is 507 g/mol. The van der Waals surface area contributed by atoms with Gasteiger partial charge in [0.2, 0.25) is 10.0 Å². The standard InChI is InChI=1S/C28H27FN4O2S2/c1-21-4-2-3-5-24(21)20-33(26-10-12-27(13-11-26)37(30,34)35)28(36)32(19-23-14-16-31-17-15-23)18-22-6-8-25(29)9-7-22/h2-17H,18-20H2,1H3,(H2,30,34,35). The highest BCUT2D eigenvalue weighted by Crippen LogP contribution is 2.24. The van der Waals surface area contributed by atoms with Crippen molar-refractivity contribution < 1.29 is 12.8 Å². The van der Waals surface area contributed by atoms with Crippen LogP contribution < -0.4 is 10.0 Å². The molecule has 2 N–H and O–H groups in total. The molecular formula is C28H27FN4O2S2. The molecule has 0 aliphatic heterocycles. The van der Waals surface area contributed by atoms with Crippen molar-refractivity contribution in [2.75, 3.05) is 4.90 Å². The van der Waals surface area contributed by atoms with Gasteiger partial charge in [-0.1, -0.05) is 36.4 Å². The molecule has 0 spiro atoms. The minimum absolute atomic E-state index is 0.0259. The van der Waals surface area contributed by atoms with Gasteiger partial charge in [-0.2, -0.15) is 0 Å². The second kappa shape index (κ2) is 11.6. The number of rotatable bonds is 8. The summed E-state index contributed by atoms with van der Waals surface area (Å²) in [6.07, 6.45) is 3.46. The molecule has 0 aliphatic carbocycles. The van der Waals surface area contributed by atoms with Crippen molar-refractivity contribution in [1.82, 2.24) is 9.88 Å². The van der Waals surface area contributed by atoms with E-state index in [0.29, 0.717) is 24.7 Å². The summed E-state index contributed by atoms with van der Waals surface area (Å²) in [6.45, 7) is 3.45. The van der Waals surface area contributed by atoms with Crippen LogP contribution in [0.5, 0.6) is 0 Å². The van der Waals surface area contributed by atoms with E-state index in [-0.39, 0.29) is 10.7 Å². The van der Waals surface area contributed by atoms with Crippen molar-refractivity contribution in [2.24, 2.45) is 5.14 Å². The summed E-state index contributed by atoms with van der Waals surface area (Å²) in [5.74, 6) is -0.303. The Morgan fingerprint density at radius 2 is 1.46 bits per heavy atom. The second-order valence-corrected chi connectivity index (χ2v) is 10.6. The number of hydrogen-bond acceptors (Lipinski definition) is 4. The van der Waals surface area contributed by atoms with Crippen LogP contribution in [0.1, 0.15) is 22.3 Å². The number of aryl methyl sites for hydroxylation is 1. The Balaban J connectivity index is 1.73. The maximum Gasteiger partial charge on any atom is 0.238 e. The van der Waals surface area contributed by atoms with Gasteiger partial charge in [-0.15, -0.1) is 0 Å². The molecule has 9 heteroatoms. The molecule has 6 nitrogen and oxygen atoms in total. The van der Waals surface area contributed by atoms with Crippen LogP contribution in [0.15, 0.2) is 102 Å². The van der Waals surface area contributed by atoms with Gasteiger partial charge < -0.3 is 9.80 Å². The zero-order valence-electron chi connectivity index (χ0n) is 20.3. The van der Waals surface area contributed by atoms with Crippen LogP contribution in [0.2, 0.25) is 0 Å². The van der Waals surface area contributed by atoms with E-state index in [1.807, 2.05) is 53.1 Å². The lowest BCUT2D eigenvalue weighted by atomic mass is 10.1. The Morgan fingerprint density at radius 3 is 2.05 bits per heavy atom. The SMILES string of the molecule is Cc1ccccc1CN(C(=S)N(Cc1ccncc1)Cc1ccc(F)cc1)c1ccc(S(N)(=O)=O)cc1. The van der Waals surface area contributed by atoms with E-state index < -0.39 is 10.0 Å². The first kappa shape index (κ1) is 26.4. The van der Waals surface area contributed by atoms with E-state index in [2.05, 4.69) is 4.98 Å². The number of anilines is 1. The van der Waals surface area contributed by atoms with Crippen LogP contribution in [-0.4, -0.2) is 23.4 Å². The molecule has 0 aliphatic rings. The second-order valence-electron chi connectivity index (χ2n) is 8.67. The third kappa shape index (κ3) is 6.97. The van der Waals surface area contributed by atoms with Gasteiger partial charge >= 0.3 is 0 Å². The van der Waals surface area contributed by atoms with E-state index in [9.17, 15) is 12.8 Å². The quantitative estimate of drug-likeness (QED) is 0.314. The third-order valence-electron chi connectivity index (χ3n) is 5.98. The number of pyridine rings is 1. The molecule has 37 heavy (non-hydrogen) atoms. The normalized spacial score (nSPS) is 11.2. The van der Waals surface area contributed by atoms with Crippen LogP contribution in [-0.2, 0) is 29.7 Å². The van der Waals surface area contributed by atoms with Gasteiger partial charge in [0, 0.05) is 31.2 Å². The van der Waals surface area contributed by atoms with Gasteiger partial charge in [-0.3, -0.25) is 4.98 Å². The third-order valence-corrected chi connectivity index (χ3v) is 7.39. The maximum absolute atomic E-state index is 13.6. The summed E-state index contributed by atoms with van der Waals surface area (Å²) in [5, 5.41) is 5.84. The monoisotopic (exact) mass is 534 g/mol. The molecule has 0 bridgehead atoms. The highest BCUT2D eigenvalue weighted by atomic mass is 32.2. The first-order valence-corrected chi connectivity index (χ1v) is 13.5. The number of halogens is 1. The molecule has 3 aromatic carbocycles. The molecule has 0 unspecified atom stereocenters. The lowest BCUT2D eigenvalue weighted by Crippen LogP contribution is -2.42. The molecule has 0 saturated heterocycles. The van der Waals surface area contributed by atoms with E-state index in [1.165, 1.54) is 24.3 Å². The number of hydrogen-bond donors (Lipinski definition) is 1. The summed E-state index contributed by atoms with van der Waals surface area (Å²) in [4.78, 5) is 8.13. The van der Waals surface area contributed by atoms with E-state index >= 15 is 0 Å². The fraction of sp³-hybridized carbons (Fsp3) is 0.143. The summed E-state index contributed by atoms with van der Waals surface area (Å²) >= 11 is 6.07. The summed E-state index contributed by atoms with van der Waals surface area (Å²) in [5.41, 5.74) is 4.82. The van der Waals surface area contributed by atoms with E-state index in [0.717, 1.165) is 27.9 Å². The van der Waals surface area contributed by atoms with Crippen molar-refractivity contribution in [3.63, 3.8) is 0 Å². The molecule has 4 aromatic rings. The Labute approximate surface area is 222 Å². The smallest absolute Gasteiger partial charge is 0.238 e. The van der Waals surface area contributed by atoms with Crippen LogP contribution in [0.25, 0.3) is 0 Å². The Hall–Kier alpha value is -3.66. The molecule has 1 heterocycles. The van der Waals surface area contributed by atoms with Gasteiger partial charge in [-0.25, -0.2) is 17.9 Å². The number of sulfonamides is 1. The number of nitrogens with two attached hydrogens (primary N) is 1. The lowest BCUT2D eigenvalue weighted by Gasteiger charge is -2.34. The van der Waals surface area contributed by atoms with Gasteiger partial charge in [0.25, 0.3) is 0 Å². The summed E-state index contributed by atoms with van der Waals surface area (Å²) < 4.78 is 37.2. The van der Waals surface area contributed by atoms with Gasteiger partial charge in [0.1, 0.15) is 5.82 Å². The number of thiocarbonyl (C=S) groups is 1. The molecule has 4 rings (SSSR count). The predicted molar refractivity (Wildman–Crippen MR) is 148 cm³/mol. The number of nitrogens with zero attached hydrogens (tertiary/aromatic N) is 3. The van der Waals surface area contributed by atoms with Crippen molar-refractivity contribution in [1.29, 1.82) is 0 Å². The minimum Gasteiger partial charge on any atom is -0.340 e. The van der Waals surface area contributed by atoms with Gasteiger partial charge in [-0.05, 0) is 89.9 Å². The zero-order valence-corrected chi connectivity index (χ0v) is 21.9. The largest absolute Gasteiger partial charge is 0.340 e. The van der Waals surface area contributed by atoms with Crippen molar-refractivity contribution in [3.8, 4) is 0 Å². The van der Waals surface area contributed by atoms with E-state index in [1.54, 1.807) is 36.7 Å². The molecule has 190 valence electrons. The molecule has 0 saturated carbocycles. The van der Waals surface area contributed by atoms with Crippen LogP contribution in [0.3, 0.4) is 0 Å². The fourth-order valence-corrected chi connectivity index (χ4v) is 4.74. The van der Waals surface area contributed by atoms with Crippen LogP contribution in [0, 0.1) is 12.7 Å². The topological polar surface area (TPSA) is 79.5 Å².